The molecule has 2 aromatic rings. The Hall–Kier alpha value is -4.84. The first-order chi connectivity index (χ1) is 32.2. The summed E-state index contributed by atoms with van der Waals surface area (Å²) < 4.78 is 29.9. The normalized spacial score (nSPS) is 34.8. The number of benzene rings is 2. The second-order valence-corrected chi connectivity index (χ2v) is 17.4. The Kier molecular flexibility index (Phi) is 20.7. The fourth-order valence-electron chi connectivity index (χ4n) is 9.00. The van der Waals surface area contributed by atoms with Gasteiger partial charge in [-0.2, -0.15) is 0 Å². The Bertz CT molecular complexity index is 1980. The number of ether oxygens (including phenoxy) is 5. The molecule has 4 fully saturated rings. The molecule has 67 heavy (non-hydrogen) atoms. The Balaban J connectivity index is 0.000000319. The van der Waals surface area contributed by atoms with Crippen LogP contribution in [0.25, 0.3) is 31.3 Å². The molecule has 6 rings (SSSR count). The largest absolute Gasteiger partial charge is 0.445 e. The van der Waals surface area contributed by atoms with E-state index in [1.807, 2.05) is 74.5 Å². The lowest BCUT2D eigenvalue weighted by Crippen LogP contribution is -2.64. The van der Waals surface area contributed by atoms with Crippen molar-refractivity contribution in [2.45, 2.75) is 188 Å². The van der Waals surface area contributed by atoms with E-state index in [1.165, 1.54) is 0 Å². The number of aliphatic hydroxyl groups is 4. The number of azide groups is 3. The van der Waals surface area contributed by atoms with Crippen LogP contribution < -0.4 is 22.9 Å². The highest BCUT2D eigenvalue weighted by atomic mass is 16.7. The van der Waals surface area contributed by atoms with Gasteiger partial charge < -0.3 is 67.0 Å². The van der Waals surface area contributed by atoms with Gasteiger partial charge in [0.1, 0.15) is 24.9 Å². The molecule has 2 saturated carbocycles. The third-order valence-electron chi connectivity index (χ3n) is 12.9. The lowest BCUT2D eigenvalue weighted by molar-refractivity contribution is -0.260. The lowest BCUT2D eigenvalue weighted by Gasteiger charge is -2.45. The van der Waals surface area contributed by atoms with Crippen LogP contribution in [-0.4, -0.2) is 141 Å². The fraction of sp³-hybridized carbons (Fsp3) is 0.698. The summed E-state index contributed by atoms with van der Waals surface area (Å²) in [5.41, 5.74) is 52.8. The van der Waals surface area contributed by atoms with Crippen LogP contribution in [0.4, 0.5) is 4.79 Å². The average molecular weight is 939 g/mol. The Morgan fingerprint density at radius 1 is 0.687 bits per heavy atom. The van der Waals surface area contributed by atoms with Crippen molar-refractivity contribution >= 4 is 6.09 Å². The summed E-state index contributed by atoms with van der Waals surface area (Å²) in [4.78, 5) is 23.7. The molecule has 0 spiro atoms. The van der Waals surface area contributed by atoms with E-state index in [1.54, 1.807) is 4.90 Å². The van der Waals surface area contributed by atoms with Crippen molar-refractivity contribution in [3.63, 3.8) is 0 Å². The van der Waals surface area contributed by atoms with Crippen LogP contribution in [0.5, 0.6) is 0 Å². The van der Waals surface area contributed by atoms with Crippen molar-refractivity contribution in [2.75, 3.05) is 0 Å². The van der Waals surface area contributed by atoms with Gasteiger partial charge >= 0.3 is 6.09 Å². The van der Waals surface area contributed by atoms with E-state index >= 15 is 0 Å². The van der Waals surface area contributed by atoms with E-state index in [9.17, 15) is 30.8 Å². The molecule has 0 radical (unpaired) electrons. The number of carbonyl (C=O) groups is 1. The van der Waals surface area contributed by atoms with E-state index < -0.39 is 97.7 Å². The van der Waals surface area contributed by atoms with E-state index in [0.717, 1.165) is 30.4 Å². The summed E-state index contributed by atoms with van der Waals surface area (Å²) in [6.45, 7) is 4.24. The average Bonchev–Trinajstić information content (AvgIpc) is 3.33. The lowest BCUT2D eigenvalue weighted by atomic mass is 9.84. The molecule has 368 valence electrons. The van der Waals surface area contributed by atoms with Gasteiger partial charge in [-0.05, 0) is 79.1 Å². The number of rotatable bonds is 16. The van der Waals surface area contributed by atoms with Gasteiger partial charge in [-0.25, -0.2) is 4.79 Å². The van der Waals surface area contributed by atoms with Crippen molar-refractivity contribution in [2.24, 2.45) is 38.3 Å². The maximum atomic E-state index is 13.6. The SMILES string of the molecule is CC[C@@H]([C@@H]1CC[C@H](N=[N+]=[N-])[C@@H](O[C@H]2[C@H](O)[C@@H](O)[C@H](N=[N+]=[N-])C[C@@H]2N=[N+]=[N-])O1)N(Cc1ccccc1)C(=O)OCc1ccccc1.CC[C@H](N)[C@@H]1CC[C@H](N)[C@@H](O[C@H]2[C@H](O)[C@@H](O)[C@H](N)C[C@@H]2N)O1. The van der Waals surface area contributed by atoms with Gasteiger partial charge in [0.25, 0.3) is 0 Å². The Labute approximate surface area is 388 Å². The minimum absolute atomic E-state index is 0.0805. The standard InChI is InChI=1S/C29H36N10O6.C14H30N4O4/c1-2-23(39(16-18-9-5-3-6-10-18)29(42)43-17-19-11-7-4-8-12-19)24-14-13-20(33-36-30)28(44-24)45-27-22(35-38-32)15-21(34-37-31)25(40)26(27)41;1-2-6(15)10-4-3-7(16)14(21-10)22-13-9(18)5-8(17)11(19)12(13)20/h3-12,20-28,40-41H,2,13-17H2,1H3;6-14,19-20H,2-5,15-18H2,1H3/t20-,21+,22-,23-,24-,25-,26+,27+,28+;6-,7-,8+,9-,10-,11-,12+,13+,14+/m00/s1. The number of hydrogen-bond acceptors (Lipinski definition) is 17. The first-order valence-corrected chi connectivity index (χ1v) is 22.7. The van der Waals surface area contributed by atoms with Gasteiger partial charge in [0, 0.05) is 39.4 Å². The molecular weight excluding hydrogens is 873 g/mol. The third kappa shape index (κ3) is 14.1. The predicted molar refractivity (Wildman–Crippen MR) is 242 cm³/mol. The van der Waals surface area contributed by atoms with Gasteiger partial charge in [0.15, 0.2) is 12.6 Å². The van der Waals surface area contributed by atoms with Gasteiger partial charge in [0.2, 0.25) is 0 Å². The number of hydrogen-bond donors (Lipinski definition) is 8. The minimum atomic E-state index is -1.61. The highest BCUT2D eigenvalue weighted by Gasteiger charge is 2.48. The predicted octanol–water partition coefficient (Wildman–Crippen LogP) is 3.38. The second-order valence-electron chi connectivity index (χ2n) is 17.4. The zero-order valence-electron chi connectivity index (χ0n) is 37.8. The van der Waals surface area contributed by atoms with Gasteiger partial charge in [-0.15, -0.1) is 0 Å². The fourth-order valence-corrected chi connectivity index (χ4v) is 9.00. The van der Waals surface area contributed by atoms with Crippen LogP contribution in [-0.2, 0) is 36.8 Å². The zero-order valence-corrected chi connectivity index (χ0v) is 37.8. The van der Waals surface area contributed by atoms with Crippen LogP contribution in [0.3, 0.4) is 0 Å². The summed E-state index contributed by atoms with van der Waals surface area (Å²) in [5.74, 6) is 0. The number of nitrogens with two attached hydrogens (primary N) is 4. The molecule has 24 heteroatoms. The van der Waals surface area contributed by atoms with E-state index in [0.29, 0.717) is 25.7 Å². The molecule has 0 aromatic heterocycles. The molecule has 0 unspecified atom stereocenters. The van der Waals surface area contributed by atoms with Crippen molar-refractivity contribution < 1.29 is 48.9 Å². The molecule has 18 atom stereocenters. The van der Waals surface area contributed by atoms with Gasteiger partial charge in [-0.3, -0.25) is 4.90 Å². The molecule has 24 nitrogen and oxygen atoms in total. The Morgan fingerprint density at radius 2 is 1.25 bits per heavy atom. The monoisotopic (exact) mass is 939 g/mol. The number of carbonyl (C=O) groups excluding carboxylic acids is 1. The minimum Gasteiger partial charge on any atom is -0.445 e. The highest BCUT2D eigenvalue weighted by molar-refractivity contribution is 5.68. The second kappa shape index (κ2) is 26.1. The summed E-state index contributed by atoms with van der Waals surface area (Å²) in [6, 6.07) is 14.0. The summed E-state index contributed by atoms with van der Waals surface area (Å²) in [7, 11) is 0. The molecule has 0 bridgehead atoms. The Morgan fingerprint density at radius 3 is 1.88 bits per heavy atom. The summed E-state index contributed by atoms with van der Waals surface area (Å²) in [5, 5.41) is 52.6. The smallest absolute Gasteiger partial charge is 0.410 e. The first-order valence-electron chi connectivity index (χ1n) is 22.7. The molecule has 2 aliphatic carbocycles. The topological polar surface area (TPSA) is 398 Å². The van der Waals surface area contributed by atoms with Crippen LogP contribution in [0, 0.1) is 0 Å². The molecule has 2 saturated heterocycles. The summed E-state index contributed by atoms with van der Waals surface area (Å²) >= 11 is 0. The van der Waals surface area contributed by atoms with Crippen molar-refractivity contribution in [1.29, 1.82) is 0 Å². The molecule has 2 aromatic carbocycles. The van der Waals surface area contributed by atoms with Crippen LogP contribution >= 0.6 is 0 Å². The third-order valence-corrected chi connectivity index (χ3v) is 12.9. The summed E-state index contributed by atoms with van der Waals surface area (Å²) in [6.07, 6.45) is -6.73. The van der Waals surface area contributed by atoms with E-state index in [-0.39, 0.29) is 37.8 Å². The first kappa shape index (κ1) is 53.1. The number of amides is 1. The van der Waals surface area contributed by atoms with E-state index in [2.05, 4.69) is 30.1 Å². The van der Waals surface area contributed by atoms with Crippen LogP contribution in [0.2, 0.25) is 0 Å². The molecule has 2 aliphatic heterocycles. The van der Waals surface area contributed by atoms with Gasteiger partial charge in [-0.1, -0.05) is 89.9 Å². The van der Waals surface area contributed by atoms with Crippen molar-refractivity contribution in [3.8, 4) is 0 Å². The quantitative estimate of drug-likeness (QED) is 0.0680. The number of nitrogens with zero attached hydrogens (tertiary/aromatic N) is 10. The number of aliphatic hydroxyl groups excluding tert-OH is 4. The van der Waals surface area contributed by atoms with Crippen molar-refractivity contribution in [3.05, 3.63) is 103 Å². The highest BCUT2D eigenvalue weighted by Crippen LogP contribution is 2.35. The molecule has 12 N–H and O–H groups in total. The van der Waals surface area contributed by atoms with Crippen LogP contribution in [0.1, 0.15) is 76.3 Å². The molecule has 2 heterocycles. The maximum absolute atomic E-state index is 13.6. The zero-order chi connectivity index (χ0) is 48.6. The molecule has 4 aliphatic rings. The van der Waals surface area contributed by atoms with Gasteiger partial charge in [0.05, 0.1) is 60.7 Å². The molecular formula is C43H66N14O10. The van der Waals surface area contributed by atoms with E-state index in [4.69, 9.17) is 57.7 Å². The van der Waals surface area contributed by atoms with Crippen molar-refractivity contribution in [1.82, 2.24) is 4.90 Å². The molecule has 1 amide bonds. The maximum Gasteiger partial charge on any atom is 0.410 e. The van der Waals surface area contributed by atoms with Crippen LogP contribution in [0.15, 0.2) is 76.0 Å².